The first-order chi connectivity index (χ1) is 14.0. The van der Waals surface area contributed by atoms with Crippen LogP contribution in [0, 0.1) is 0 Å². The van der Waals surface area contributed by atoms with Crippen LogP contribution in [0.4, 0.5) is 32.3 Å². The van der Waals surface area contributed by atoms with Crippen molar-refractivity contribution in [3.05, 3.63) is 21.5 Å². The third-order valence-electron chi connectivity index (χ3n) is 2.75. The van der Waals surface area contributed by atoms with Crippen LogP contribution in [-0.2, 0) is 9.59 Å². The van der Waals surface area contributed by atoms with Crippen molar-refractivity contribution < 1.29 is 46.1 Å². The SMILES string of the molecule is Nc1nc2c(-c3nc(Br)c(Br)[nH]3)nccc2[nH]1.O=C(O)C(F)(F)F.O=C(O)C(F)(F)F. The van der Waals surface area contributed by atoms with E-state index in [0.29, 0.717) is 27.6 Å². The van der Waals surface area contributed by atoms with Crippen molar-refractivity contribution in [2.75, 3.05) is 5.73 Å². The number of alkyl halides is 6. The number of carbonyl (C=O) groups is 2. The predicted octanol–water partition coefficient (Wildman–Crippen LogP) is 3.72. The predicted molar refractivity (Wildman–Crippen MR) is 98.7 cm³/mol. The summed E-state index contributed by atoms with van der Waals surface area (Å²) < 4.78 is 64.9. The molecule has 18 heteroatoms. The third-order valence-corrected chi connectivity index (χ3v) is 4.43. The Kier molecular flexibility index (Phi) is 8.39. The number of anilines is 1. The van der Waals surface area contributed by atoms with E-state index in [1.807, 2.05) is 6.07 Å². The summed E-state index contributed by atoms with van der Waals surface area (Å²) >= 11 is 6.65. The number of hydrogen-bond donors (Lipinski definition) is 5. The Bertz CT molecular complexity index is 1040. The number of halogens is 8. The summed E-state index contributed by atoms with van der Waals surface area (Å²) in [4.78, 5) is 36.6. The number of aliphatic carboxylic acids is 2. The van der Waals surface area contributed by atoms with Crippen molar-refractivity contribution in [3.8, 4) is 11.5 Å². The molecule has 0 aliphatic heterocycles. The lowest BCUT2D eigenvalue weighted by molar-refractivity contribution is -0.193. The van der Waals surface area contributed by atoms with E-state index in [2.05, 4.69) is 56.8 Å². The number of carboxylic acid groups (broad SMARTS) is 2. The summed E-state index contributed by atoms with van der Waals surface area (Å²) in [6.45, 7) is 0. The van der Waals surface area contributed by atoms with Crippen LogP contribution in [0.5, 0.6) is 0 Å². The number of nitrogens with two attached hydrogens (primary N) is 1. The number of fused-ring (bicyclic) bond motifs is 1. The van der Waals surface area contributed by atoms with E-state index in [1.54, 1.807) is 6.20 Å². The Labute approximate surface area is 183 Å². The topological polar surface area (TPSA) is 171 Å². The van der Waals surface area contributed by atoms with Gasteiger partial charge in [0, 0.05) is 6.20 Å². The first-order valence-corrected chi connectivity index (χ1v) is 8.74. The molecule has 10 nitrogen and oxygen atoms in total. The van der Waals surface area contributed by atoms with Crippen LogP contribution in [0.2, 0.25) is 0 Å². The Morgan fingerprint density at radius 2 is 1.45 bits per heavy atom. The van der Waals surface area contributed by atoms with Crippen molar-refractivity contribution >= 4 is 60.8 Å². The molecule has 6 N–H and O–H groups in total. The van der Waals surface area contributed by atoms with E-state index in [1.165, 1.54) is 0 Å². The summed E-state index contributed by atoms with van der Waals surface area (Å²) in [5.41, 5.74) is 7.81. The largest absolute Gasteiger partial charge is 0.490 e. The van der Waals surface area contributed by atoms with Gasteiger partial charge in [0.15, 0.2) is 11.8 Å². The first-order valence-electron chi connectivity index (χ1n) is 7.15. The minimum absolute atomic E-state index is 0.360. The van der Waals surface area contributed by atoms with Gasteiger partial charge in [0.25, 0.3) is 0 Å². The van der Waals surface area contributed by atoms with Gasteiger partial charge in [-0.2, -0.15) is 26.3 Å². The van der Waals surface area contributed by atoms with Crippen LogP contribution < -0.4 is 5.73 Å². The second-order valence-corrected chi connectivity index (χ2v) is 6.52. The molecule has 0 aliphatic rings. The number of pyridine rings is 1. The zero-order valence-corrected chi connectivity index (χ0v) is 17.5. The van der Waals surface area contributed by atoms with Gasteiger partial charge < -0.3 is 25.9 Å². The monoisotopic (exact) mass is 584 g/mol. The van der Waals surface area contributed by atoms with Crippen molar-refractivity contribution in [1.82, 2.24) is 24.9 Å². The number of rotatable bonds is 1. The zero-order chi connectivity index (χ0) is 24.1. The number of nitrogens with one attached hydrogen (secondary N) is 2. The molecule has 0 aromatic carbocycles. The summed E-state index contributed by atoms with van der Waals surface area (Å²) in [5, 5.41) is 14.2. The number of hydrogen-bond acceptors (Lipinski definition) is 6. The number of H-pyrrole nitrogens is 2. The molecular weight excluding hydrogens is 578 g/mol. The van der Waals surface area contributed by atoms with Crippen LogP contribution in [0.15, 0.2) is 21.5 Å². The molecule has 0 saturated heterocycles. The van der Waals surface area contributed by atoms with Crippen molar-refractivity contribution in [2.45, 2.75) is 12.4 Å². The number of nitrogen functional groups attached to an aromatic ring is 1. The standard InChI is InChI=1S/C9H6Br2N6.2C2HF3O2/c10-6-7(11)17-8(16-6)5-4-3(1-2-13-5)14-9(12)15-4;2*3-2(4,5)1(6)7/h1-2H,(H,16,17)(H3,12,14,15);2*(H,6,7). The zero-order valence-electron chi connectivity index (χ0n) is 14.3. The molecule has 0 atom stereocenters. The summed E-state index contributed by atoms with van der Waals surface area (Å²) in [7, 11) is 0. The van der Waals surface area contributed by atoms with Crippen LogP contribution in [0.25, 0.3) is 22.6 Å². The maximum atomic E-state index is 10.6. The average Bonchev–Trinajstić information content (AvgIpc) is 3.15. The van der Waals surface area contributed by atoms with Crippen molar-refractivity contribution in [3.63, 3.8) is 0 Å². The smallest absolute Gasteiger partial charge is 0.475 e. The molecule has 0 radical (unpaired) electrons. The van der Waals surface area contributed by atoms with Crippen molar-refractivity contribution in [1.29, 1.82) is 0 Å². The average molecular weight is 586 g/mol. The van der Waals surface area contributed by atoms with Crippen LogP contribution in [0.1, 0.15) is 0 Å². The molecule has 170 valence electrons. The number of nitrogens with zero attached hydrogens (tertiary/aromatic N) is 3. The van der Waals surface area contributed by atoms with Crippen LogP contribution in [-0.4, -0.2) is 59.4 Å². The number of aromatic nitrogens is 5. The maximum Gasteiger partial charge on any atom is 0.490 e. The Morgan fingerprint density at radius 3 is 1.84 bits per heavy atom. The normalized spacial score (nSPS) is 11.2. The van der Waals surface area contributed by atoms with Gasteiger partial charge in [0.2, 0.25) is 0 Å². The highest BCUT2D eigenvalue weighted by atomic mass is 79.9. The van der Waals surface area contributed by atoms with E-state index in [9.17, 15) is 26.3 Å². The summed E-state index contributed by atoms with van der Waals surface area (Å²) in [6.07, 6.45) is -8.49. The van der Waals surface area contributed by atoms with Gasteiger partial charge >= 0.3 is 24.3 Å². The van der Waals surface area contributed by atoms with Gasteiger partial charge in [-0.05, 0) is 37.9 Å². The molecular formula is C13H8Br2F6N6O4. The fourth-order valence-electron chi connectivity index (χ4n) is 1.57. The second-order valence-electron chi connectivity index (χ2n) is 4.97. The van der Waals surface area contributed by atoms with Gasteiger partial charge in [-0.3, -0.25) is 4.98 Å². The minimum atomic E-state index is -5.08. The minimum Gasteiger partial charge on any atom is -0.475 e. The van der Waals surface area contributed by atoms with Crippen molar-refractivity contribution in [2.24, 2.45) is 0 Å². The summed E-state index contributed by atoms with van der Waals surface area (Å²) in [5.74, 6) is -4.53. The van der Waals surface area contributed by atoms with E-state index in [-0.39, 0.29) is 0 Å². The highest BCUT2D eigenvalue weighted by Crippen LogP contribution is 2.28. The highest BCUT2D eigenvalue weighted by Gasteiger charge is 2.38. The first kappa shape index (κ1) is 26.1. The Hall–Kier alpha value is -2.89. The molecule has 3 aromatic rings. The molecule has 3 aromatic heterocycles. The van der Waals surface area contributed by atoms with Crippen LogP contribution >= 0.6 is 31.9 Å². The van der Waals surface area contributed by atoms with Gasteiger partial charge in [0.1, 0.15) is 20.4 Å². The maximum absolute atomic E-state index is 10.6. The second kappa shape index (κ2) is 9.94. The number of aromatic amines is 2. The lowest BCUT2D eigenvalue weighted by atomic mass is 10.3. The molecule has 0 fully saturated rings. The fourth-order valence-corrected chi connectivity index (χ4v) is 2.12. The Balaban J connectivity index is 0.000000288. The quantitative estimate of drug-likeness (QED) is 0.269. The van der Waals surface area contributed by atoms with Crippen LogP contribution in [0.3, 0.4) is 0 Å². The molecule has 0 aliphatic carbocycles. The molecule has 31 heavy (non-hydrogen) atoms. The van der Waals surface area contributed by atoms with Gasteiger partial charge in [0.05, 0.1) is 5.52 Å². The van der Waals surface area contributed by atoms with E-state index in [4.69, 9.17) is 25.5 Å². The fraction of sp³-hybridized carbons (Fsp3) is 0.154. The number of carboxylic acids is 2. The van der Waals surface area contributed by atoms with E-state index < -0.39 is 24.3 Å². The summed E-state index contributed by atoms with van der Waals surface area (Å²) in [6, 6.07) is 1.81. The molecule has 0 bridgehead atoms. The highest BCUT2D eigenvalue weighted by molar-refractivity contribution is 9.13. The number of imidazole rings is 2. The molecule has 3 rings (SSSR count). The lowest BCUT2D eigenvalue weighted by Crippen LogP contribution is -2.21. The third kappa shape index (κ3) is 7.70. The molecule has 0 unspecified atom stereocenters. The Morgan fingerprint density at radius 1 is 0.968 bits per heavy atom. The van der Waals surface area contributed by atoms with E-state index >= 15 is 0 Å². The molecule has 0 saturated carbocycles. The van der Waals surface area contributed by atoms with Gasteiger partial charge in [-0.15, -0.1) is 0 Å². The molecule has 0 amide bonds. The van der Waals surface area contributed by atoms with Gasteiger partial charge in [-0.1, -0.05) is 0 Å². The molecule has 3 heterocycles. The van der Waals surface area contributed by atoms with Gasteiger partial charge in [-0.25, -0.2) is 19.6 Å². The lowest BCUT2D eigenvalue weighted by Gasteiger charge is -1.95. The van der Waals surface area contributed by atoms with E-state index in [0.717, 1.165) is 10.1 Å². The molecule has 0 spiro atoms.